The summed E-state index contributed by atoms with van der Waals surface area (Å²) < 4.78 is 33.3. The van der Waals surface area contributed by atoms with Gasteiger partial charge in [-0.05, 0) is 56.0 Å². The lowest BCUT2D eigenvalue weighted by Crippen LogP contribution is -2.26. The molecule has 0 saturated heterocycles. The third-order valence-corrected chi connectivity index (χ3v) is 7.18. The Morgan fingerprint density at radius 2 is 1.58 bits per heavy atom. The van der Waals surface area contributed by atoms with Crippen LogP contribution in [0.4, 0.5) is 0 Å². The van der Waals surface area contributed by atoms with Crippen molar-refractivity contribution in [2.45, 2.75) is 63.0 Å². The van der Waals surface area contributed by atoms with E-state index in [0.29, 0.717) is 30.4 Å². The first-order valence-corrected chi connectivity index (χ1v) is 12.9. The van der Waals surface area contributed by atoms with Gasteiger partial charge < -0.3 is 10.1 Å². The lowest BCUT2D eigenvalue weighted by Gasteiger charge is -2.21. The minimum Gasteiger partial charge on any atom is -0.378 e. The fourth-order valence-corrected chi connectivity index (χ4v) is 4.78. The Balaban J connectivity index is 1.41. The molecule has 0 unspecified atom stereocenters. The number of hydrogen-bond acceptors (Lipinski definition) is 5. The summed E-state index contributed by atoms with van der Waals surface area (Å²) in [5.74, 6) is -0.283. The molecule has 0 spiro atoms. The third kappa shape index (κ3) is 7.77. The fraction of sp³-hybridized carbons (Fsp3) is 0.440. The zero-order chi connectivity index (χ0) is 23.7. The quantitative estimate of drug-likeness (QED) is 0.382. The number of ketones is 1. The van der Waals surface area contributed by atoms with Crippen molar-refractivity contribution in [2.24, 2.45) is 0 Å². The van der Waals surface area contributed by atoms with Gasteiger partial charge >= 0.3 is 0 Å². The summed E-state index contributed by atoms with van der Waals surface area (Å²) in [5.41, 5.74) is 1.71. The van der Waals surface area contributed by atoms with Gasteiger partial charge in [0, 0.05) is 30.8 Å². The molecule has 0 bridgehead atoms. The van der Waals surface area contributed by atoms with Gasteiger partial charge in [0.1, 0.15) is 0 Å². The first kappa shape index (κ1) is 25.1. The van der Waals surface area contributed by atoms with E-state index in [1.807, 2.05) is 0 Å². The molecule has 2 aromatic carbocycles. The molecule has 0 heterocycles. The van der Waals surface area contributed by atoms with E-state index >= 15 is 0 Å². The highest BCUT2D eigenvalue weighted by Gasteiger charge is 2.15. The molecule has 7 nitrogen and oxygen atoms in total. The molecule has 1 aliphatic rings. The number of carbonyl (C=O) groups excluding carboxylic acids is 2. The van der Waals surface area contributed by atoms with E-state index < -0.39 is 10.0 Å². The maximum atomic E-state index is 12.5. The Bertz CT molecular complexity index is 1030. The van der Waals surface area contributed by atoms with E-state index in [4.69, 9.17) is 4.74 Å². The first-order chi connectivity index (χ1) is 15.8. The highest BCUT2D eigenvalue weighted by atomic mass is 32.2. The number of sulfonamides is 1. The van der Waals surface area contributed by atoms with E-state index in [9.17, 15) is 18.0 Å². The number of amides is 1. The number of benzene rings is 2. The van der Waals surface area contributed by atoms with Crippen molar-refractivity contribution < 1.29 is 22.7 Å². The molecule has 0 aromatic heterocycles. The van der Waals surface area contributed by atoms with Crippen LogP contribution in [0.1, 0.15) is 71.7 Å². The SMILES string of the molecule is CC(=O)c1ccc(S(=O)(=O)NCc2ccc(C(=O)NCCCOC3CCCCC3)cc2)cc1. The summed E-state index contributed by atoms with van der Waals surface area (Å²) in [5, 5.41) is 2.89. The van der Waals surface area contributed by atoms with Crippen molar-refractivity contribution in [2.75, 3.05) is 13.2 Å². The minimum atomic E-state index is -3.71. The molecule has 1 saturated carbocycles. The normalized spacial score (nSPS) is 14.7. The Labute approximate surface area is 196 Å². The summed E-state index contributed by atoms with van der Waals surface area (Å²) in [6.45, 7) is 2.73. The second-order valence-corrected chi connectivity index (χ2v) is 10.1. The van der Waals surface area contributed by atoms with E-state index in [2.05, 4.69) is 10.0 Å². The predicted octanol–water partition coefficient (Wildman–Crippen LogP) is 3.84. The van der Waals surface area contributed by atoms with Gasteiger partial charge in [-0.2, -0.15) is 0 Å². The Morgan fingerprint density at radius 1 is 0.939 bits per heavy atom. The number of ether oxygens (including phenoxy) is 1. The summed E-state index contributed by atoms with van der Waals surface area (Å²) in [6, 6.07) is 12.6. The fourth-order valence-electron chi connectivity index (χ4n) is 3.76. The molecule has 1 aliphatic carbocycles. The van der Waals surface area contributed by atoms with Crippen molar-refractivity contribution >= 4 is 21.7 Å². The van der Waals surface area contributed by atoms with Crippen LogP contribution in [0, 0.1) is 0 Å². The van der Waals surface area contributed by atoms with Crippen LogP contribution in [0.5, 0.6) is 0 Å². The van der Waals surface area contributed by atoms with Crippen molar-refractivity contribution in [3.05, 3.63) is 65.2 Å². The Morgan fingerprint density at radius 3 is 2.21 bits per heavy atom. The van der Waals surface area contributed by atoms with Crippen LogP contribution in [0.25, 0.3) is 0 Å². The highest BCUT2D eigenvalue weighted by Crippen LogP contribution is 2.20. The van der Waals surface area contributed by atoms with Gasteiger partial charge in [0.25, 0.3) is 5.91 Å². The molecule has 178 valence electrons. The smallest absolute Gasteiger partial charge is 0.251 e. The molecule has 1 fully saturated rings. The number of hydrogen-bond donors (Lipinski definition) is 2. The van der Waals surface area contributed by atoms with Gasteiger partial charge in [-0.1, -0.05) is 43.5 Å². The van der Waals surface area contributed by atoms with Gasteiger partial charge in [-0.3, -0.25) is 9.59 Å². The highest BCUT2D eigenvalue weighted by molar-refractivity contribution is 7.89. The summed E-state index contributed by atoms with van der Waals surface area (Å²) in [6.07, 6.45) is 7.22. The van der Waals surface area contributed by atoms with Gasteiger partial charge in [0.15, 0.2) is 5.78 Å². The summed E-state index contributed by atoms with van der Waals surface area (Å²) in [4.78, 5) is 23.7. The standard InChI is InChI=1S/C25H32N2O5S/c1-19(28)21-12-14-24(15-13-21)33(30,31)27-18-20-8-10-22(11-9-20)25(29)26-16-5-17-32-23-6-3-2-4-7-23/h8-15,23,27H,2-7,16-18H2,1H3,(H,26,29). The molecular weight excluding hydrogens is 440 g/mol. The molecule has 1 amide bonds. The van der Waals surface area contributed by atoms with E-state index in [-0.39, 0.29) is 23.1 Å². The molecule has 0 atom stereocenters. The van der Waals surface area contributed by atoms with Crippen molar-refractivity contribution in [3.8, 4) is 0 Å². The molecule has 0 radical (unpaired) electrons. The van der Waals surface area contributed by atoms with Crippen molar-refractivity contribution in [1.29, 1.82) is 0 Å². The van der Waals surface area contributed by atoms with Crippen LogP contribution in [0.3, 0.4) is 0 Å². The Hall–Kier alpha value is -2.55. The Kier molecular flexibility index (Phi) is 9.17. The molecule has 2 aromatic rings. The summed E-state index contributed by atoms with van der Waals surface area (Å²) >= 11 is 0. The average Bonchev–Trinajstić information content (AvgIpc) is 2.83. The van der Waals surface area contributed by atoms with Crippen LogP contribution in [-0.4, -0.2) is 39.4 Å². The second-order valence-electron chi connectivity index (χ2n) is 8.34. The molecule has 3 rings (SSSR count). The first-order valence-electron chi connectivity index (χ1n) is 11.4. The number of carbonyl (C=O) groups is 2. The van der Waals surface area contributed by atoms with Gasteiger partial charge in [0.05, 0.1) is 11.0 Å². The maximum Gasteiger partial charge on any atom is 0.251 e. The van der Waals surface area contributed by atoms with Gasteiger partial charge in [-0.15, -0.1) is 0 Å². The second kappa shape index (κ2) is 12.1. The van der Waals surface area contributed by atoms with Crippen LogP contribution in [0.2, 0.25) is 0 Å². The average molecular weight is 473 g/mol. The summed E-state index contributed by atoms with van der Waals surface area (Å²) in [7, 11) is -3.71. The third-order valence-electron chi connectivity index (χ3n) is 5.77. The zero-order valence-corrected chi connectivity index (χ0v) is 19.8. The van der Waals surface area contributed by atoms with Crippen LogP contribution >= 0.6 is 0 Å². The van der Waals surface area contributed by atoms with E-state index in [1.165, 1.54) is 50.5 Å². The molecule has 8 heteroatoms. The zero-order valence-electron chi connectivity index (χ0n) is 19.0. The molecule has 0 aliphatic heterocycles. The number of rotatable bonds is 11. The van der Waals surface area contributed by atoms with Crippen molar-refractivity contribution in [1.82, 2.24) is 10.0 Å². The lowest BCUT2D eigenvalue weighted by atomic mass is 9.98. The number of nitrogens with one attached hydrogen (secondary N) is 2. The lowest BCUT2D eigenvalue weighted by molar-refractivity contribution is 0.0273. The van der Waals surface area contributed by atoms with Gasteiger partial charge in [0.2, 0.25) is 10.0 Å². The van der Waals surface area contributed by atoms with Crippen molar-refractivity contribution in [3.63, 3.8) is 0 Å². The van der Waals surface area contributed by atoms with Crippen LogP contribution in [-0.2, 0) is 21.3 Å². The number of Topliss-reactive ketones (excluding diaryl/α,β-unsaturated/α-hetero) is 1. The predicted molar refractivity (Wildman–Crippen MR) is 127 cm³/mol. The molecular formula is C25H32N2O5S. The molecule has 33 heavy (non-hydrogen) atoms. The topological polar surface area (TPSA) is 102 Å². The van der Waals surface area contributed by atoms with E-state index in [0.717, 1.165) is 24.8 Å². The van der Waals surface area contributed by atoms with E-state index in [1.54, 1.807) is 24.3 Å². The minimum absolute atomic E-state index is 0.0935. The van der Waals surface area contributed by atoms with Crippen LogP contribution in [0.15, 0.2) is 53.4 Å². The van der Waals surface area contributed by atoms with Gasteiger partial charge in [-0.25, -0.2) is 13.1 Å². The monoisotopic (exact) mass is 472 g/mol. The maximum absolute atomic E-state index is 12.5. The van der Waals surface area contributed by atoms with Crippen LogP contribution < -0.4 is 10.0 Å². The largest absolute Gasteiger partial charge is 0.378 e. The molecule has 2 N–H and O–H groups in total.